The summed E-state index contributed by atoms with van der Waals surface area (Å²) in [5.74, 6) is 0.179. The lowest BCUT2D eigenvalue weighted by Crippen LogP contribution is -2.39. The van der Waals surface area contributed by atoms with Gasteiger partial charge in [0.2, 0.25) is 10.0 Å². The zero-order valence-corrected chi connectivity index (χ0v) is 10.8. The van der Waals surface area contributed by atoms with Crippen LogP contribution in [0.5, 0.6) is 0 Å². The Hall–Kier alpha value is -0.170. The highest BCUT2D eigenvalue weighted by molar-refractivity contribution is 7.89. The Labute approximate surface area is 92.8 Å². The van der Waals surface area contributed by atoms with Crippen molar-refractivity contribution >= 4 is 10.0 Å². The van der Waals surface area contributed by atoms with Gasteiger partial charge in [0, 0.05) is 20.2 Å². The molecule has 5 nitrogen and oxygen atoms in total. The quantitative estimate of drug-likeness (QED) is 0.600. The van der Waals surface area contributed by atoms with E-state index in [0.29, 0.717) is 19.6 Å². The first-order valence-electron chi connectivity index (χ1n) is 5.05. The van der Waals surface area contributed by atoms with E-state index in [0.717, 1.165) is 0 Å². The summed E-state index contributed by atoms with van der Waals surface area (Å²) in [6.45, 7) is 2.96. The number of likely N-dealkylation sites (N-methyl/N-ethyl adjacent to an activating group) is 1. The monoisotopic (exact) mass is 238 g/mol. The van der Waals surface area contributed by atoms with Gasteiger partial charge in [-0.1, -0.05) is 0 Å². The first-order chi connectivity index (χ1) is 6.95. The molecule has 0 saturated heterocycles. The maximum Gasteiger partial charge on any atom is 0.214 e. The van der Waals surface area contributed by atoms with Gasteiger partial charge in [-0.3, -0.25) is 0 Å². The zero-order valence-electron chi connectivity index (χ0n) is 9.99. The summed E-state index contributed by atoms with van der Waals surface area (Å²) in [6, 6.07) is -0.116. The molecule has 0 saturated carbocycles. The maximum absolute atomic E-state index is 11.8. The molecule has 0 rings (SSSR count). The molecule has 0 spiro atoms. The molecule has 0 fully saturated rings. The Kier molecular flexibility index (Phi) is 7.08. The summed E-state index contributed by atoms with van der Waals surface area (Å²) in [7, 11) is 1.83. The molecule has 6 heteroatoms. The molecule has 0 heterocycles. The predicted octanol–water partition coefficient (Wildman–Crippen LogP) is -0.108. The van der Waals surface area contributed by atoms with Gasteiger partial charge in [0.05, 0.1) is 12.4 Å². The molecule has 0 aliphatic carbocycles. The first-order valence-corrected chi connectivity index (χ1v) is 6.66. The van der Waals surface area contributed by atoms with Crippen LogP contribution in [0.4, 0.5) is 0 Å². The zero-order chi connectivity index (χ0) is 11.9. The van der Waals surface area contributed by atoms with Crippen molar-refractivity contribution in [3.63, 3.8) is 0 Å². The fraction of sp³-hybridized carbons (Fsp3) is 1.00. The van der Waals surface area contributed by atoms with Gasteiger partial charge >= 0.3 is 0 Å². The van der Waals surface area contributed by atoms with Crippen molar-refractivity contribution in [3.8, 4) is 0 Å². The highest BCUT2D eigenvalue weighted by Crippen LogP contribution is 2.06. The fourth-order valence-corrected chi connectivity index (χ4v) is 2.60. The SMILES string of the molecule is CNCCCS(=O)(=O)N(C)C(C)COC. The Morgan fingerprint density at radius 2 is 2.07 bits per heavy atom. The molecule has 15 heavy (non-hydrogen) atoms. The van der Waals surface area contributed by atoms with E-state index in [1.165, 1.54) is 4.31 Å². The van der Waals surface area contributed by atoms with Gasteiger partial charge in [0.25, 0.3) is 0 Å². The summed E-state index contributed by atoms with van der Waals surface area (Å²) < 4.78 is 29.8. The van der Waals surface area contributed by atoms with Crippen LogP contribution in [-0.2, 0) is 14.8 Å². The number of hydrogen-bond donors (Lipinski definition) is 1. The van der Waals surface area contributed by atoms with Crippen LogP contribution in [-0.4, -0.2) is 58.9 Å². The lowest BCUT2D eigenvalue weighted by atomic mass is 10.4. The highest BCUT2D eigenvalue weighted by atomic mass is 32.2. The number of methoxy groups -OCH3 is 1. The minimum atomic E-state index is -3.14. The van der Waals surface area contributed by atoms with E-state index in [2.05, 4.69) is 5.32 Å². The highest BCUT2D eigenvalue weighted by Gasteiger charge is 2.22. The molecular formula is C9H22N2O3S. The molecule has 1 unspecified atom stereocenters. The summed E-state index contributed by atoms with van der Waals surface area (Å²) in [6.07, 6.45) is 0.628. The van der Waals surface area contributed by atoms with E-state index >= 15 is 0 Å². The number of nitrogens with zero attached hydrogens (tertiary/aromatic N) is 1. The second kappa shape index (κ2) is 7.16. The van der Waals surface area contributed by atoms with Gasteiger partial charge in [-0.2, -0.15) is 4.31 Å². The molecule has 0 aromatic carbocycles. The van der Waals surface area contributed by atoms with Gasteiger partial charge in [0.15, 0.2) is 0 Å². The summed E-state index contributed by atoms with van der Waals surface area (Å²) in [4.78, 5) is 0. The minimum Gasteiger partial charge on any atom is -0.383 e. The van der Waals surface area contributed by atoms with Crippen molar-refractivity contribution in [1.82, 2.24) is 9.62 Å². The Balaban J connectivity index is 4.19. The van der Waals surface area contributed by atoms with Crippen LogP contribution in [0.3, 0.4) is 0 Å². The van der Waals surface area contributed by atoms with Crippen molar-refractivity contribution in [2.75, 3.05) is 40.1 Å². The molecule has 0 aliphatic rings. The lowest BCUT2D eigenvalue weighted by molar-refractivity contribution is 0.149. The smallest absolute Gasteiger partial charge is 0.214 e. The van der Waals surface area contributed by atoms with E-state index in [-0.39, 0.29) is 11.8 Å². The van der Waals surface area contributed by atoms with E-state index < -0.39 is 10.0 Å². The standard InChI is InChI=1S/C9H22N2O3S/c1-9(8-14-4)11(3)15(12,13)7-5-6-10-2/h9-10H,5-8H2,1-4H3. The van der Waals surface area contributed by atoms with Crippen molar-refractivity contribution in [1.29, 1.82) is 0 Å². The van der Waals surface area contributed by atoms with Gasteiger partial charge in [-0.15, -0.1) is 0 Å². The molecule has 0 bridgehead atoms. The van der Waals surface area contributed by atoms with E-state index in [1.807, 2.05) is 14.0 Å². The van der Waals surface area contributed by atoms with Crippen molar-refractivity contribution < 1.29 is 13.2 Å². The lowest BCUT2D eigenvalue weighted by Gasteiger charge is -2.23. The molecule has 0 aliphatic heterocycles. The van der Waals surface area contributed by atoms with Crippen molar-refractivity contribution in [2.45, 2.75) is 19.4 Å². The second-order valence-corrected chi connectivity index (χ2v) is 5.74. The van der Waals surface area contributed by atoms with Crippen LogP contribution >= 0.6 is 0 Å². The van der Waals surface area contributed by atoms with Gasteiger partial charge < -0.3 is 10.1 Å². The largest absolute Gasteiger partial charge is 0.383 e. The van der Waals surface area contributed by atoms with Crippen LogP contribution in [0.25, 0.3) is 0 Å². The number of sulfonamides is 1. The third kappa shape index (κ3) is 5.46. The summed E-state index contributed by atoms with van der Waals surface area (Å²) >= 11 is 0. The molecule has 0 radical (unpaired) electrons. The Bertz CT molecular complexity index is 254. The summed E-state index contributed by atoms with van der Waals surface area (Å²) in [5.41, 5.74) is 0. The third-order valence-electron chi connectivity index (χ3n) is 2.30. The molecule has 1 N–H and O–H groups in total. The number of nitrogens with one attached hydrogen (secondary N) is 1. The Morgan fingerprint density at radius 1 is 1.47 bits per heavy atom. The average molecular weight is 238 g/mol. The molecular weight excluding hydrogens is 216 g/mol. The number of rotatable bonds is 8. The van der Waals surface area contributed by atoms with Crippen molar-refractivity contribution in [2.24, 2.45) is 0 Å². The van der Waals surface area contributed by atoms with E-state index in [1.54, 1.807) is 14.2 Å². The third-order valence-corrected chi connectivity index (χ3v) is 4.34. The molecule has 1 atom stereocenters. The number of hydrogen-bond acceptors (Lipinski definition) is 4. The maximum atomic E-state index is 11.8. The number of ether oxygens (including phenoxy) is 1. The van der Waals surface area contributed by atoms with Gasteiger partial charge in [-0.05, 0) is 26.9 Å². The van der Waals surface area contributed by atoms with E-state index in [9.17, 15) is 8.42 Å². The minimum absolute atomic E-state index is 0.116. The van der Waals surface area contributed by atoms with Crippen molar-refractivity contribution in [3.05, 3.63) is 0 Å². The van der Waals surface area contributed by atoms with Crippen LogP contribution in [0.2, 0.25) is 0 Å². The van der Waals surface area contributed by atoms with Gasteiger partial charge in [0.1, 0.15) is 0 Å². The predicted molar refractivity (Wildman–Crippen MR) is 61.4 cm³/mol. The fourth-order valence-electron chi connectivity index (χ4n) is 1.20. The molecule has 0 aromatic rings. The van der Waals surface area contributed by atoms with Crippen LogP contribution in [0.15, 0.2) is 0 Å². The van der Waals surface area contributed by atoms with Crippen LogP contribution in [0.1, 0.15) is 13.3 Å². The molecule has 0 amide bonds. The van der Waals surface area contributed by atoms with Crippen LogP contribution in [0, 0.1) is 0 Å². The molecule has 92 valence electrons. The summed E-state index contributed by atoms with van der Waals surface area (Å²) in [5, 5.41) is 2.93. The second-order valence-electron chi connectivity index (χ2n) is 3.59. The normalized spacial score (nSPS) is 14.5. The Morgan fingerprint density at radius 3 is 2.53 bits per heavy atom. The topological polar surface area (TPSA) is 58.6 Å². The van der Waals surface area contributed by atoms with Crippen LogP contribution < -0.4 is 5.32 Å². The van der Waals surface area contributed by atoms with Gasteiger partial charge in [-0.25, -0.2) is 8.42 Å². The average Bonchev–Trinajstić information content (AvgIpc) is 2.17. The molecule has 0 aromatic heterocycles. The first kappa shape index (κ1) is 14.8. The van der Waals surface area contributed by atoms with E-state index in [4.69, 9.17) is 4.74 Å².